The molecule has 0 aliphatic carbocycles. The van der Waals surface area contributed by atoms with Crippen molar-refractivity contribution in [3.63, 3.8) is 0 Å². The molecule has 3 heterocycles. The zero-order valence-electron chi connectivity index (χ0n) is 15.3. The maximum atomic E-state index is 13.0. The van der Waals surface area contributed by atoms with Gasteiger partial charge in [-0.05, 0) is 42.5 Å². The number of carbonyl (C=O) groups excluding carboxylic acids is 1. The summed E-state index contributed by atoms with van der Waals surface area (Å²) in [4.78, 5) is 20.8. The average molecular weight is 429 g/mol. The lowest BCUT2D eigenvalue weighted by molar-refractivity contribution is -0.142. The molecular weight excluding hydrogens is 415 g/mol. The van der Waals surface area contributed by atoms with Gasteiger partial charge in [-0.15, -0.1) is 11.3 Å². The predicted molar refractivity (Wildman–Crippen MR) is 106 cm³/mol. The molecule has 30 heavy (non-hydrogen) atoms. The van der Waals surface area contributed by atoms with Crippen molar-refractivity contribution in [2.75, 3.05) is 5.32 Å². The summed E-state index contributed by atoms with van der Waals surface area (Å²) in [5.74, 6) is -0.277. The minimum atomic E-state index is -4.51. The number of benzene rings is 1. The summed E-state index contributed by atoms with van der Waals surface area (Å²) in [6, 6.07) is 10.6. The van der Waals surface area contributed by atoms with E-state index >= 15 is 0 Å². The Morgan fingerprint density at radius 1 is 1.10 bits per heavy atom. The van der Waals surface area contributed by atoms with Gasteiger partial charge in [0, 0.05) is 29.0 Å². The van der Waals surface area contributed by atoms with E-state index in [0.29, 0.717) is 11.4 Å². The summed E-state index contributed by atoms with van der Waals surface area (Å²) >= 11 is 1.42. The summed E-state index contributed by atoms with van der Waals surface area (Å²) in [7, 11) is 0. The van der Waals surface area contributed by atoms with Crippen LogP contribution in [0.2, 0.25) is 0 Å². The Hall–Kier alpha value is -3.53. The van der Waals surface area contributed by atoms with Crippen LogP contribution in [-0.4, -0.2) is 25.7 Å². The van der Waals surface area contributed by atoms with Gasteiger partial charge in [0.05, 0.1) is 24.0 Å². The van der Waals surface area contributed by atoms with Crippen LogP contribution >= 0.6 is 11.3 Å². The Balaban J connectivity index is 1.41. The van der Waals surface area contributed by atoms with Crippen LogP contribution in [0.3, 0.4) is 0 Å². The Morgan fingerprint density at radius 2 is 1.90 bits per heavy atom. The number of anilines is 1. The molecule has 1 aromatic carbocycles. The number of hydrogen-bond donors (Lipinski definition) is 1. The Morgan fingerprint density at radius 3 is 2.60 bits per heavy atom. The van der Waals surface area contributed by atoms with Crippen molar-refractivity contribution in [3.05, 3.63) is 77.8 Å². The van der Waals surface area contributed by atoms with Gasteiger partial charge >= 0.3 is 6.18 Å². The molecule has 0 unspecified atom stereocenters. The van der Waals surface area contributed by atoms with Crippen LogP contribution in [-0.2, 0) is 17.4 Å². The molecule has 4 aromatic rings. The van der Waals surface area contributed by atoms with Crippen LogP contribution in [0.15, 0.2) is 66.4 Å². The molecule has 0 aliphatic rings. The summed E-state index contributed by atoms with van der Waals surface area (Å²) in [5.41, 5.74) is 1.34. The molecule has 1 N–H and O–H groups in total. The van der Waals surface area contributed by atoms with Gasteiger partial charge in [-0.2, -0.15) is 18.3 Å². The first kappa shape index (κ1) is 19.8. The monoisotopic (exact) mass is 429 g/mol. The van der Waals surface area contributed by atoms with Crippen LogP contribution in [0, 0.1) is 0 Å². The van der Waals surface area contributed by atoms with Crippen LogP contribution in [0.5, 0.6) is 0 Å². The van der Waals surface area contributed by atoms with E-state index < -0.39 is 11.9 Å². The first-order valence-corrected chi connectivity index (χ1v) is 9.64. The molecule has 3 aromatic heterocycles. The van der Waals surface area contributed by atoms with E-state index in [9.17, 15) is 18.0 Å². The molecule has 1 amide bonds. The molecule has 152 valence electrons. The second-order valence-electron chi connectivity index (χ2n) is 6.28. The molecule has 0 fully saturated rings. The number of rotatable bonds is 5. The van der Waals surface area contributed by atoms with E-state index in [1.165, 1.54) is 35.6 Å². The fourth-order valence-corrected chi connectivity index (χ4v) is 3.60. The lowest BCUT2D eigenvalue weighted by Gasteiger charge is -2.11. The van der Waals surface area contributed by atoms with E-state index in [-0.39, 0.29) is 18.0 Å². The fraction of sp³-hybridized carbons (Fsp3) is 0.100. The highest BCUT2D eigenvalue weighted by molar-refractivity contribution is 7.13. The summed E-state index contributed by atoms with van der Waals surface area (Å²) in [6.45, 7) is 0. The van der Waals surface area contributed by atoms with Gasteiger partial charge in [0.1, 0.15) is 10.7 Å². The Bertz CT molecular complexity index is 1150. The van der Waals surface area contributed by atoms with Crippen molar-refractivity contribution < 1.29 is 18.0 Å². The Labute approximate surface area is 173 Å². The van der Waals surface area contributed by atoms with Gasteiger partial charge in [0.25, 0.3) is 0 Å². The van der Waals surface area contributed by atoms with E-state index in [1.54, 1.807) is 17.8 Å². The van der Waals surface area contributed by atoms with Gasteiger partial charge in [0.2, 0.25) is 5.91 Å². The van der Waals surface area contributed by atoms with Gasteiger partial charge in [-0.1, -0.05) is 0 Å². The number of carbonyl (C=O) groups is 1. The summed E-state index contributed by atoms with van der Waals surface area (Å²) < 4.78 is 39.8. The Kier molecular flexibility index (Phi) is 5.32. The van der Waals surface area contributed by atoms with Crippen molar-refractivity contribution in [3.8, 4) is 16.3 Å². The molecular formula is C20H14F3N5OS. The van der Waals surface area contributed by atoms with Crippen molar-refractivity contribution in [2.24, 2.45) is 0 Å². The second kappa shape index (κ2) is 8.07. The second-order valence-corrected chi connectivity index (χ2v) is 7.14. The van der Waals surface area contributed by atoms with Crippen LogP contribution in [0.25, 0.3) is 16.3 Å². The SMILES string of the molecule is O=C(Cc1csc(-c2cccnc2)n1)Nc1ccc(-n2nccc2C(F)(F)F)cc1. The number of hydrogen-bond acceptors (Lipinski definition) is 5. The van der Waals surface area contributed by atoms with Crippen LogP contribution in [0.4, 0.5) is 18.9 Å². The van der Waals surface area contributed by atoms with Crippen molar-refractivity contribution >= 4 is 22.9 Å². The van der Waals surface area contributed by atoms with Gasteiger partial charge in [-0.25, -0.2) is 9.67 Å². The molecule has 0 saturated heterocycles. The summed E-state index contributed by atoms with van der Waals surface area (Å²) in [5, 5.41) is 9.02. The lowest BCUT2D eigenvalue weighted by atomic mass is 10.2. The van der Waals surface area contributed by atoms with Crippen molar-refractivity contribution in [1.82, 2.24) is 19.7 Å². The number of thiazole rings is 1. The van der Waals surface area contributed by atoms with Crippen LogP contribution < -0.4 is 5.32 Å². The minimum absolute atomic E-state index is 0.0793. The molecule has 0 aliphatic heterocycles. The molecule has 0 bridgehead atoms. The van der Waals surface area contributed by atoms with E-state index in [1.807, 2.05) is 12.1 Å². The number of pyridine rings is 1. The van der Waals surface area contributed by atoms with E-state index in [0.717, 1.165) is 27.5 Å². The van der Waals surface area contributed by atoms with Crippen molar-refractivity contribution in [2.45, 2.75) is 12.6 Å². The third-order valence-electron chi connectivity index (χ3n) is 4.13. The normalized spacial score (nSPS) is 11.4. The molecule has 10 heteroatoms. The minimum Gasteiger partial charge on any atom is -0.326 e. The number of alkyl halides is 3. The highest BCUT2D eigenvalue weighted by Gasteiger charge is 2.35. The first-order valence-electron chi connectivity index (χ1n) is 8.76. The number of halogens is 3. The summed E-state index contributed by atoms with van der Waals surface area (Å²) in [6.07, 6.45) is 0.0364. The lowest BCUT2D eigenvalue weighted by Crippen LogP contribution is -2.15. The van der Waals surface area contributed by atoms with Gasteiger partial charge < -0.3 is 5.32 Å². The van der Waals surface area contributed by atoms with E-state index in [4.69, 9.17) is 0 Å². The van der Waals surface area contributed by atoms with Gasteiger partial charge in [0.15, 0.2) is 0 Å². The topological polar surface area (TPSA) is 72.7 Å². The third-order valence-corrected chi connectivity index (χ3v) is 5.07. The third kappa shape index (κ3) is 4.38. The van der Waals surface area contributed by atoms with Crippen molar-refractivity contribution in [1.29, 1.82) is 0 Å². The predicted octanol–water partition coefficient (Wildman–Crippen LogP) is 4.59. The highest BCUT2D eigenvalue weighted by atomic mass is 32.1. The molecule has 0 spiro atoms. The number of nitrogens with one attached hydrogen (secondary N) is 1. The maximum absolute atomic E-state index is 13.0. The van der Waals surface area contributed by atoms with Crippen LogP contribution in [0.1, 0.15) is 11.4 Å². The largest absolute Gasteiger partial charge is 0.433 e. The molecule has 6 nitrogen and oxygen atoms in total. The number of nitrogens with zero attached hydrogens (tertiary/aromatic N) is 4. The molecule has 0 radical (unpaired) electrons. The number of amides is 1. The number of aromatic nitrogens is 4. The molecule has 4 rings (SSSR count). The van der Waals surface area contributed by atoms with E-state index in [2.05, 4.69) is 20.4 Å². The standard InChI is InChI=1S/C20H14F3N5OS/c21-20(22,23)17-7-9-25-28(17)16-5-3-14(4-6-16)26-18(29)10-15-12-30-19(27-15)13-2-1-8-24-11-13/h1-9,11-12H,10H2,(H,26,29). The van der Waals surface area contributed by atoms with Gasteiger partial charge in [-0.3, -0.25) is 9.78 Å². The zero-order valence-corrected chi connectivity index (χ0v) is 16.1. The smallest absolute Gasteiger partial charge is 0.326 e. The quantitative estimate of drug-likeness (QED) is 0.504. The molecule has 0 atom stereocenters. The highest BCUT2D eigenvalue weighted by Crippen LogP contribution is 2.30. The average Bonchev–Trinajstić information content (AvgIpc) is 3.39. The first-order chi connectivity index (χ1) is 14.4. The fourth-order valence-electron chi connectivity index (χ4n) is 2.79. The zero-order chi connectivity index (χ0) is 21.1. The molecule has 0 saturated carbocycles. The maximum Gasteiger partial charge on any atom is 0.433 e.